The Morgan fingerprint density at radius 2 is 2.00 bits per heavy atom. The molecular weight excluding hydrogens is 246 g/mol. The molecule has 110 valence electrons. The number of aliphatic hydroxyl groups excluding tert-OH is 1. The Morgan fingerprint density at radius 3 is 2.75 bits per heavy atom. The van der Waals surface area contributed by atoms with Crippen molar-refractivity contribution in [3.8, 4) is 0 Å². The van der Waals surface area contributed by atoms with E-state index in [2.05, 4.69) is 49.1 Å². The highest BCUT2D eigenvalue weighted by atomic mass is 16.3. The fourth-order valence-corrected chi connectivity index (χ4v) is 4.52. The summed E-state index contributed by atoms with van der Waals surface area (Å²) in [6.07, 6.45) is 3.32. The third kappa shape index (κ3) is 2.64. The summed E-state index contributed by atoms with van der Waals surface area (Å²) in [7, 11) is 0. The van der Waals surface area contributed by atoms with Crippen LogP contribution in [0.5, 0.6) is 0 Å². The van der Waals surface area contributed by atoms with Crippen molar-refractivity contribution in [3.63, 3.8) is 0 Å². The van der Waals surface area contributed by atoms with Crippen LogP contribution in [0.1, 0.15) is 38.7 Å². The first-order valence-electron chi connectivity index (χ1n) is 8.03. The molecule has 0 spiro atoms. The van der Waals surface area contributed by atoms with Crippen LogP contribution >= 0.6 is 0 Å². The Labute approximate surface area is 122 Å². The molecule has 1 heterocycles. The molecule has 2 fully saturated rings. The van der Waals surface area contributed by atoms with Gasteiger partial charge in [0.15, 0.2) is 0 Å². The van der Waals surface area contributed by atoms with Gasteiger partial charge in [-0.1, -0.05) is 44.2 Å². The number of aliphatic hydroxyl groups is 1. The van der Waals surface area contributed by atoms with E-state index < -0.39 is 0 Å². The lowest BCUT2D eigenvalue weighted by atomic mass is 9.59. The molecule has 3 rings (SSSR count). The number of piperidine rings is 1. The van der Waals surface area contributed by atoms with E-state index in [9.17, 15) is 5.11 Å². The van der Waals surface area contributed by atoms with Crippen molar-refractivity contribution < 1.29 is 5.11 Å². The molecule has 1 saturated heterocycles. The quantitative estimate of drug-likeness (QED) is 0.893. The first-order valence-corrected chi connectivity index (χ1v) is 8.03. The molecule has 1 N–H and O–H groups in total. The normalized spacial score (nSPS) is 38.5. The summed E-state index contributed by atoms with van der Waals surface area (Å²) in [6.45, 7) is 8.12. The van der Waals surface area contributed by atoms with Crippen molar-refractivity contribution in [1.82, 2.24) is 4.90 Å². The summed E-state index contributed by atoms with van der Waals surface area (Å²) in [5, 5.41) is 10.1. The van der Waals surface area contributed by atoms with Gasteiger partial charge in [-0.2, -0.15) is 0 Å². The summed E-state index contributed by atoms with van der Waals surface area (Å²) >= 11 is 0. The maximum Gasteiger partial charge on any atom is 0.0568 e. The minimum absolute atomic E-state index is 0.0752. The first-order chi connectivity index (χ1) is 9.58. The van der Waals surface area contributed by atoms with Gasteiger partial charge < -0.3 is 5.11 Å². The molecule has 1 aromatic rings. The summed E-state index contributed by atoms with van der Waals surface area (Å²) in [5.41, 5.74) is 1.81. The summed E-state index contributed by atoms with van der Waals surface area (Å²) in [6, 6.07) is 10.8. The van der Waals surface area contributed by atoms with E-state index in [4.69, 9.17) is 0 Å². The lowest BCUT2D eigenvalue weighted by Gasteiger charge is -2.53. The molecule has 2 heteroatoms. The van der Waals surface area contributed by atoms with E-state index in [1.165, 1.54) is 31.5 Å². The maximum absolute atomic E-state index is 10.1. The maximum atomic E-state index is 10.1. The smallest absolute Gasteiger partial charge is 0.0568 e. The minimum Gasteiger partial charge on any atom is -0.393 e. The van der Waals surface area contributed by atoms with Crippen LogP contribution in [0.2, 0.25) is 0 Å². The fraction of sp³-hybridized carbons (Fsp3) is 0.667. The lowest BCUT2D eigenvalue weighted by Crippen LogP contribution is -2.53. The summed E-state index contributed by atoms with van der Waals surface area (Å²) < 4.78 is 0. The van der Waals surface area contributed by atoms with E-state index in [0.717, 1.165) is 13.0 Å². The summed E-state index contributed by atoms with van der Waals surface area (Å²) in [5.74, 6) is 1.16. The molecule has 1 saturated carbocycles. The molecule has 0 radical (unpaired) electrons. The zero-order valence-corrected chi connectivity index (χ0v) is 12.8. The third-order valence-electron chi connectivity index (χ3n) is 5.74. The Balaban J connectivity index is 1.68. The van der Waals surface area contributed by atoms with Gasteiger partial charge in [0.1, 0.15) is 0 Å². The van der Waals surface area contributed by atoms with Crippen molar-refractivity contribution in [2.75, 3.05) is 13.1 Å². The highest BCUT2D eigenvalue weighted by molar-refractivity contribution is 5.14. The van der Waals surface area contributed by atoms with E-state index in [-0.39, 0.29) is 6.10 Å². The SMILES string of the molecule is C[C@H]1[C@H]2CCN(Cc3ccccc3)C[C@]2(C)CC[C@@H]1O. The van der Waals surface area contributed by atoms with Crippen LogP contribution in [0.4, 0.5) is 0 Å². The number of likely N-dealkylation sites (tertiary alicyclic amines) is 1. The van der Waals surface area contributed by atoms with Gasteiger partial charge in [0.2, 0.25) is 0 Å². The molecule has 0 amide bonds. The zero-order chi connectivity index (χ0) is 14.2. The summed E-state index contributed by atoms with van der Waals surface area (Å²) in [4.78, 5) is 2.61. The molecule has 20 heavy (non-hydrogen) atoms. The van der Waals surface area contributed by atoms with Crippen LogP contribution in [0.15, 0.2) is 30.3 Å². The van der Waals surface area contributed by atoms with E-state index in [1.54, 1.807) is 0 Å². The fourth-order valence-electron chi connectivity index (χ4n) is 4.52. The average molecular weight is 273 g/mol. The number of hydrogen-bond donors (Lipinski definition) is 1. The van der Waals surface area contributed by atoms with Crippen LogP contribution in [0, 0.1) is 17.3 Å². The van der Waals surface area contributed by atoms with Gasteiger partial charge in [-0.3, -0.25) is 4.90 Å². The van der Waals surface area contributed by atoms with Gasteiger partial charge in [0.25, 0.3) is 0 Å². The van der Waals surface area contributed by atoms with E-state index >= 15 is 0 Å². The van der Waals surface area contributed by atoms with Crippen molar-refractivity contribution >= 4 is 0 Å². The van der Waals surface area contributed by atoms with Gasteiger partial charge in [-0.15, -0.1) is 0 Å². The molecular formula is C18H27NO. The van der Waals surface area contributed by atoms with Gasteiger partial charge >= 0.3 is 0 Å². The zero-order valence-electron chi connectivity index (χ0n) is 12.8. The van der Waals surface area contributed by atoms with Crippen molar-refractivity contribution in [2.45, 2.75) is 45.8 Å². The largest absolute Gasteiger partial charge is 0.393 e. The number of nitrogens with zero attached hydrogens (tertiary/aromatic N) is 1. The van der Waals surface area contributed by atoms with Crippen LogP contribution < -0.4 is 0 Å². The van der Waals surface area contributed by atoms with Crippen molar-refractivity contribution in [1.29, 1.82) is 0 Å². The molecule has 2 nitrogen and oxygen atoms in total. The van der Waals surface area contributed by atoms with Gasteiger partial charge in [-0.05, 0) is 48.6 Å². The molecule has 0 aromatic heterocycles. The van der Waals surface area contributed by atoms with E-state index in [1.807, 2.05) is 0 Å². The average Bonchev–Trinajstić information content (AvgIpc) is 2.44. The highest BCUT2D eigenvalue weighted by Crippen LogP contribution is 2.48. The van der Waals surface area contributed by atoms with Crippen LogP contribution in [-0.2, 0) is 6.54 Å². The van der Waals surface area contributed by atoms with Gasteiger partial charge in [0.05, 0.1) is 6.10 Å². The highest BCUT2D eigenvalue weighted by Gasteiger charge is 2.46. The predicted octanol–water partition coefficient (Wildman–Crippen LogP) is 3.31. The molecule has 0 unspecified atom stereocenters. The molecule has 1 aliphatic carbocycles. The Kier molecular flexibility index (Phi) is 3.87. The first kappa shape index (κ1) is 14.1. The monoisotopic (exact) mass is 273 g/mol. The molecule has 1 aromatic carbocycles. The number of benzene rings is 1. The van der Waals surface area contributed by atoms with Crippen molar-refractivity contribution in [2.24, 2.45) is 17.3 Å². The number of fused-ring (bicyclic) bond motifs is 1. The topological polar surface area (TPSA) is 23.5 Å². The Hall–Kier alpha value is -0.860. The Morgan fingerprint density at radius 1 is 1.25 bits per heavy atom. The second kappa shape index (κ2) is 5.50. The predicted molar refractivity (Wildman–Crippen MR) is 82.3 cm³/mol. The van der Waals surface area contributed by atoms with Gasteiger partial charge in [-0.25, -0.2) is 0 Å². The minimum atomic E-state index is -0.0752. The Bertz CT molecular complexity index is 446. The standard InChI is InChI=1S/C18H27NO/c1-14-16-9-11-19(12-15-6-4-3-5-7-15)13-18(16,2)10-8-17(14)20/h3-7,14,16-17,20H,8-13H2,1-2H3/t14-,16+,17-,18-/m0/s1. The second-order valence-electron chi connectivity index (χ2n) is 7.21. The number of hydrogen-bond acceptors (Lipinski definition) is 2. The molecule has 4 atom stereocenters. The van der Waals surface area contributed by atoms with Gasteiger partial charge in [0, 0.05) is 13.1 Å². The third-order valence-corrected chi connectivity index (χ3v) is 5.74. The lowest BCUT2D eigenvalue weighted by molar-refractivity contribution is -0.0784. The van der Waals surface area contributed by atoms with Crippen molar-refractivity contribution in [3.05, 3.63) is 35.9 Å². The molecule has 1 aliphatic heterocycles. The molecule has 2 aliphatic rings. The van der Waals surface area contributed by atoms with Crippen LogP contribution in [0.3, 0.4) is 0 Å². The molecule has 0 bridgehead atoms. The second-order valence-corrected chi connectivity index (χ2v) is 7.21. The van der Waals surface area contributed by atoms with E-state index in [0.29, 0.717) is 17.3 Å². The van der Waals surface area contributed by atoms with Crippen LogP contribution in [0.25, 0.3) is 0 Å². The van der Waals surface area contributed by atoms with Crippen LogP contribution in [-0.4, -0.2) is 29.2 Å². The number of rotatable bonds is 2.